The molecule has 2 aromatic rings. The maximum Gasteiger partial charge on any atom is 0.275 e. The number of fused-ring (bicyclic) bond motifs is 1. The zero-order valence-electron chi connectivity index (χ0n) is 13.4. The lowest BCUT2D eigenvalue weighted by Crippen LogP contribution is -2.41. The van der Waals surface area contributed by atoms with E-state index in [1.165, 1.54) is 0 Å². The molecule has 23 heavy (non-hydrogen) atoms. The first-order chi connectivity index (χ1) is 11.1. The number of aromatic nitrogens is 2. The molecule has 1 aromatic heterocycles. The molecule has 0 spiro atoms. The van der Waals surface area contributed by atoms with Crippen molar-refractivity contribution < 1.29 is 9.59 Å². The first kappa shape index (κ1) is 15.5. The lowest BCUT2D eigenvalue weighted by atomic mass is 10.1. The van der Waals surface area contributed by atoms with E-state index in [2.05, 4.69) is 20.4 Å². The van der Waals surface area contributed by atoms with Gasteiger partial charge in [0, 0.05) is 38.6 Å². The molecule has 1 fully saturated rings. The maximum absolute atomic E-state index is 12.9. The smallest absolute Gasteiger partial charge is 0.275 e. The van der Waals surface area contributed by atoms with Crippen LogP contribution in [-0.4, -0.2) is 72.1 Å². The molecule has 0 saturated carbocycles. The average Bonchev–Trinajstić information content (AvgIpc) is 2.90. The van der Waals surface area contributed by atoms with Crippen molar-refractivity contribution in [3.05, 3.63) is 30.0 Å². The Bertz CT molecular complexity index is 726. The minimum absolute atomic E-state index is 0.0385. The number of amides is 2. The summed E-state index contributed by atoms with van der Waals surface area (Å²) < 4.78 is 0. The first-order valence-corrected chi connectivity index (χ1v) is 7.72. The second-order valence-electron chi connectivity index (χ2n) is 5.94. The van der Waals surface area contributed by atoms with Gasteiger partial charge in [-0.05, 0) is 13.1 Å². The van der Waals surface area contributed by atoms with Crippen LogP contribution in [0.4, 0.5) is 0 Å². The molecule has 2 N–H and O–H groups in total. The topological polar surface area (TPSA) is 81.3 Å². The van der Waals surface area contributed by atoms with Gasteiger partial charge in [-0.25, -0.2) is 0 Å². The number of nitrogens with zero attached hydrogens (tertiary/aromatic N) is 3. The Morgan fingerprint density at radius 2 is 2.04 bits per heavy atom. The summed E-state index contributed by atoms with van der Waals surface area (Å²) in [4.78, 5) is 28.7. The molecule has 3 rings (SSSR count). The van der Waals surface area contributed by atoms with E-state index in [4.69, 9.17) is 0 Å². The number of hydrogen-bond donors (Lipinski definition) is 2. The van der Waals surface area contributed by atoms with Gasteiger partial charge >= 0.3 is 0 Å². The van der Waals surface area contributed by atoms with E-state index in [0.29, 0.717) is 25.3 Å². The number of nitrogens with one attached hydrogen (secondary N) is 2. The van der Waals surface area contributed by atoms with Crippen LogP contribution in [0, 0.1) is 5.92 Å². The fraction of sp³-hybridized carbons (Fsp3) is 0.438. The molecule has 0 aliphatic carbocycles. The molecule has 1 atom stereocenters. The number of carbonyl (C=O) groups excluding carboxylic acids is 2. The molecule has 1 aliphatic rings. The van der Waals surface area contributed by atoms with Crippen molar-refractivity contribution in [2.75, 3.05) is 40.3 Å². The van der Waals surface area contributed by atoms with Gasteiger partial charge in [0.05, 0.1) is 11.4 Å². The predicted molar refractivity (Wildman–Crippen MR) is 87.1 cm³/mol. The molecule has 1 aromatic carbocycles. The molecular formula is C16H21N5O2. The van der Waals surface area contributed by atoms with E-state index in [1.54, 1.807) is 11.9 Å². The molecular weight excluding hydrogens is 294 g/mol. The van der Waals surface area contributed by atoms with Gasteiger partial charge in [-0.15, -0.1) is 0 Å². The van der Waals surface area contributed by atoms with Gasteiger partial charge in [0.1, 0.15) is 0 Å². The van der Waals surface area contributed by atoms with Gasteiger partial charge in [0.15, 0.2) is 5.69 Å². The summed E-state index contributed by atoms with van der Waals surface area (Å²) in [6, 6.07) is 7.56. The van der Waals surface area contributed by atoms with Crippen LogP contribution in [0.25, 0.3) is 10.9 Å². The quantitative estimate of drug-likeness (QED) is 0.836. The Morgan fingerprint density at radius 3 is 2.83 bits per heavy atom. The van der Waals surface area contributed by atoms with E-state index in [9.17, 15) is 9.59 Å². The van der Waals surface area contributed by atoms with Crippen molar-refractivity contribution in [2.24, 2.45) is 5.92 Å². The van der Waals surface area contributed by atoms with Crippen LogP contribution in [0.3, 0.4) is 0 Å². The number of likely N-dealkylation sites (N-methyl/N-ethyl adjacent to an activating group) is 1. The number of hydrogen-bond acceptors (Lipinski definition) is 4. The summed E-state index contributed by atoms with van der Waals surface area (Å²) in [5.74, 6) is -0.406. The van der Waals surface area contributed by atoms with Crippen LogP contribution in [0.2, 0.25) is 0 Å². The van der Waals surface area contributed by atoms with Crippen molar-refractivity contribution in [3.8, 4) is 0 Å². The summed E-state index contributed by atoms with van der Waals surface area (Å²) >= 11 is 0. The van der Waals surface area contributed by atoms with Gasteiger partial charge < -0.3 is 15.1 Å². The molecule has 0 bridgehead atoms. The van der Waals surface area contributed by atoms with Crippen LogP contribution in [-0.2, 0) is 4.79 Å². The Balaban J connectivity index is 1.87. The standard InChI is InChI=1S/C16H21N5O2/c1-17-15(22)11-9-20(2)7-8-21(10-11)16(23)14-12-5-3-4-6-13(12)18-19-14/h3-6,11H,7-10H2,1-2H3,(H,17,22)(H,18,19). The number of carbonyl (C=O) groups is 2. The lowest BCUT2D eigenvalue weighted by molar-refractivity contribution is -0.125. The monoisotopic (exact) mass is 315 g/mol. The van der Waals surface area contributed by atoms with Crippen molar-refractivity contribution in [3.63, 3.8) is 0 Å². The molecule has 1 aliphatic heterocycles. The van der Waals surface area contributed by atoms with Crippen LogP contribution < -0.4 is 5.32 Å². The molecule has 2 heterocycles. The highest BCUT2D eigenvalue weighted by molar-refractivity contribution is 6.04. The van der Waals surface area contributed by atoms with Gasteiger partial charge in [-0.3, -0.25) is 14.7 Å². The van der Waals surface area contributed by atoms with E-state index >= 15 is 0 Å². The third-order valence-electron chi connectivity index (χ3n) is 4.30. The zero-order valence-corrected chi connectivity index (χ0v) is 13.4. The van der Waals surface area contributed by atoms with E-state index in [-0.39, 0.29) is 17.7 Å². The molecule has 1 unspecified atom stereocenters. The van der Waals surface area contributed by atoms with Crippen LogP contribution in [0.15, 0.2) is 24.3 Å². The predicted octanol–water partition coefficient (Wildman–Crippen LogP) is 0.313. The van der Waals surface area contributed by atoms with Crippen LogP contribution in [0.5, 0.6) is 0 Å². The normalized spacial score (nSPS) is 19.6. The van der Waals surface area contributed by atoms with Crippen molar-refractivity contribution in [1.29, 1.82) is 0 Å². The van der Waals surface area contributed by atoms with E-state index in [0.717, 1.165) is 17.4 Å². The van der Waals surface area contributed by atoms with Gasteiger partial charge in [-0.2, -0.15) is 5.10 Å². The molecule has 0 radical (unpaired) electrons. The third-order valence-corrected chi connectivity index (χ3v) is 4.30. The fourth-order valence-corrected chi connectivity index (χ4v) is 3.00. The molecule has 2 amide bonds. The second kappa shape index (κ2) is 6.37. The Labute approximate surface area is 134 Å². The molecule has 1 saturated heterocycles. The molecule has 7 nitrogen and oxygen atoms in total. The minimum atomic E-state index is -0.235. The summed E-state index contributed by atoms with van der Waals surface area (Å²) in [6.07, 6.45) is 0. The number of rotatable bonds is 2. The number of aromatic amines is 1. The average molecular weight is 315 g/mol. The lowest BCUT2D eigenvalue weighted by Gasteiger charge is -2.22. The summed E-state index contributed by atoms with van der Waals surface area (Å²) in [5, 5.41) is 10.6. The largest absolute Gasteiger partial charge is 0.359 e. The Hall–Kier alpha value is -2.41. The first-order valence-electron chi connectivity index (χ1n) is 7.72. The van der Waals surface area contributed by atoms with Gasteiger partial charge in [-0.1, -0.05) is 18.2 Å². The summed E-state index contributed by atoms with van der Waals surface area (Å²) in [6.45, 7) is 2.38. The molecule has 7 heteroatoms. The van der Waals surface area contributed by atoms with Gasteiger partial charge in [0.2, 0.25) is 5.91 Å². The molecule has 122 valence electrons. The van der Waals surface area contributed by atoms with Crippen LogP contribution >= 0.6 is 0 Å². The highest BCUT2D eigenvalue weighted by Crippen LogP contribution is 2.18. The summed E-state index contributed by atoms with van der Waals surface area (Å²) in [5.41, 5.74) is 1.26. The Kier molecular flexibility index (Phi) is 4.29. The highest BCUT2D eigenvalue weighted by atomic mass is 16.2. The third kappa shape index (κ3) is 3.05. The van der Waals surface area contributed by atoms with E-state index < -0.39 is 0 Å². The minimum Gasteiger partial charge on any atom is -0.359 e. The number of benzene rings is 1. The van der Waals surface area contributed by atoms with E-state index in [1.807, 2.05) is 31.3 Å². The van der Waals surface area contributed by atoms with Gasteiger partial charge in [0.25, 0.3) is 5.91 Å². The number of para-hydroxylation sites is 1. The van der Waals surface area contributed by atoms with Crippen molar-refractivity contribution >= 4 is 22.7 Å². The van der Waals surface area contributed by atoms with Crippen molar-refractivity contribution in [1.82, 2.24) is 25.3 Å². The fourth-order valence-electron chi connectivity index (χ4n) is 3.00. The SMILES string of the molecule is CNC(=O)C1CN(C)CCN(C(=O)c2n[nH]c3ccccc23)C1. The zero-order chi connectivity index (χ0) is 16.4. The highest BCUT2D eigenvalue weighted by Gasteiger charge is 2.30. The van der Waals surface area contributed by atoms with Crippen LogP contribution in [0.1, 0.15) is 10.5 Å². The summed E-state index contributed by atoms with van der Waals surface area (Å²) in [7, 11) is 3.59. The second-order valence-corrected chi connectivity index (χ2v) is 5.94. The Morgan fingerprint density at radius 1 is 1.26 bits per heavy atom. The maximum atomic E-state index is 12.9. The number of H-pyrrole nitrogens is 1. The van der Waals surface area contributed by atoms with Crippen molar-refractivity contribution in [2.45, 2.75) is 0 Å².